The van der Waals surface area contributed by atoms with E-state index in [0.29, 0.717) is 16.9 Å². The van der Waals surface area contributed by atoms with E-state index in [4.69, 9.17) is 4.74 Å². The van der Waals surface area contributed by atoms with Gasteiger partial charge in [-0.1, -0.05) is 54.6 Å². The Bertz CT molecular complexity index is 880. The molecule has 3 nitrogen and oxygen atoms in total. The fourth-order valence-corrected chi connectivity index (χ4v) is 2.26. The van der Waals surface area contributed by atoms with Gasteiger partial charge in [-0.3, -0.25) is 4.79 Å². The van der Waals surface area contributed by atoms with Crippen LogP contribution in [-0.2, 0) is 0 Å². The van der Waals surface area contributed by atoms with Crippen molar-refractivity contribution in [3.05, 3.63) is 108 Å². The summed E-state index contributed by atoms with van der Waals surface area (Å²) in [7, 11) is 0. The lowest BCUT2D eigenvalue weighted by molar-refractivity contribution is 0.0734. The first-order valence-corrected chi connectivity index (χ1v) is 7.87. The smallest absolute Gasteiger partial charge is 0.343 e. The van der Waals surface area contributed by atoms with Crippen LogP contribution in [0.25, 0.3) is 6.08 Å². The Kier molecular flexibility index (Phi) is 5.17. The Morgan fingerprint density at radius 2 is 1.28 bits per heavy atom. The quantitative estimate of drug-likeness (QED) is 0.292. The fourth-order valence-electron chi connectivity index (χ4n) is 2.26. The van der Waals surface area contributed by atoms with Crippen molar-refractivity contribution in [1.82, 2.24) is 0 Å². The maximum absolute atomic E-state index is 12.2. The lowest BCUT2D eigenvalue weighted by Crippen LogP contribution is -2.08. The standard InChI is InChI=1S/C22H16O3/c23-21(16-11-17-7-3-1-4-8-17)18-12-14-20(15-13-18)25-22(24)19-9-5-2-6-10-19/h1-16H/b16-11+. The predicted octanol–water partition coefficient (Wildman–Crippen LogP) is 4.80. The molecule has 25 heavy (non-hydrogen) atoms. The number of carbonyl (C=O) groups excluding carboxylic acids is 2. The third kappa shape index (κ3) is 4.52. The molecule has 3 aromatic rings. The van der Waals surface area contributed by atoms with Gasteiger partial charge in [0.2, 0.25) is 0 Å². The normalized spacial score (nSPS) is 10.6. The van der Waals surface area contributed by atoms with E-state index < -0.39 is 5.97 Å². The largest absolute Gasteiger partial charge is 0.423 e. The summed E-state index contributed by atoms with van der Waals surface area (Å²) in [5.74, 6) is -0.133. The van der Waals surface area contributed by atoms with Crippen molar-refractivity contribution in [2.24, 2.45) is 0 Å². The third-order valence-corrected chi connectivity index (χ3v) is 3.59. The Labute approximate surface area is 146 Å². The molecule has 0 aliphatic carbocycles. The highest BCUT2D eigenvalue weighted by Crippen LogP contribution is 2.15. The first-order valence-electron chi connectivity index (χ1n) is 7.87. The number of benzene rings is 3. The van der Waals surface area contributed by atoms with Crippen LogP contribution >= 0.6 is 0 Å². The van der Waals surface area contributed by atoms with Crippen LogP contribution < -0.4 is 4.74 Å². The summed E-state index contributed by atoms with van der Waals surface area (Å²) in [5.41, 5.74) is 1.98. The van der Waals surface area contributed by atoms with Crippen molar-refractivity contribution >= 4 is 17.8 Å². The predicted molar refractivity (Wildman–Crippen MR) is 97.6 cm³/mol. The molecule has 3 aromatic carbocycles. The molecule has 0 fully saturated rings. The van der Waals surface area contributed by atoms with Crippen molar-refractivity contribution in [3.63, 3.8) is 0 Å². The summed E-state index contributed by atoms with van der Waals surface area (Å²) in [4.78, 5) is 24.2. The maximum atomic E-state index is 12.2. The second-order valence-corrected chi connectivity index (χ2v) is 5.39. The van der Waals surface area contributed by atoms with Gasteiger partial charge in [-0.25, -0.2) is 4.79 Å². The molecule has 0 spiro atoms. The zero-order chi connectivity index (χ0) is 17.5. The number of allylic oxidation sites excluding steroid dienone is 1. The van der Waals surface area contributed by atoms with Gasteiger partial charge in [0, 0.05) is 5.56 Å². The highest BCUT2D eigenvalue weighted by molar-refractivity contribution is 6.06. The van der Waals surface area contributed by atoms with E-state index in [1.807, 2.05) is 36.4 Å². The van der Waals surface area contributed by atoms with E-state index in [-0.39, 0.29) is 5.78 Å². The average molecular weight is 328 g/mol. The number of hydrogen-bond donors (Lipinski definition) is 0. The number of ether oxygens (including phenoxy) is 1. The molecule has 0 saturated heterocycles. The van der Waals surface area contributed by atoms with Crippen LogP contribution in [0.15, 0.2) is 91.0 Å². The monoisotopic (exact) mass is 328 g/mol. The van der Waals surface area contributed by atoms with Gasteiger partial charge in [-0.05, 0) is 48.0 Å². The van der Waals surface area contributed by atoms with Crippen LogP contribution in [0.3, 0.4) is 0 Å². The number of rotatable bonds is 5. The number of carbonyl (C=O) groups is 2. The van der Waals surface area contributed by atoms with Gasteiger partial charge in [0.25, 0.3) is 0 Å². The molecular formula is C22H16O3. The van der Waals surface area contributed by atoms with E-state index in [1.165, 1.54) is 6.08 Å². The molecule has 122 valence electrons. The van der Waals surface area contributed by atoms with Crippen LogP contribution in [0.5, 0.6) is 5.75 Å². The molecule has 0 bridgehead atoms. The maximum Gasteiger partial charge on any atom is 0.343 e. The zero-order valence-corrected chi connectivity index (χ0v) is 13.5. The molecule has 0 N–H and O–H groups in total. The molecule has 0 amide bonds. The first kappa shape index (κ1) is 16.4. The lowest BCUT2D eigenvalue weighted by atomic mass is 10.1. The minimum atomic E-state index is -0.427. The SMILES string of the molecule is O=C(/C=C/c1ccccc1)c1ccc(OC(=O)c2ccccc2)cc1. The minimum Gasteiger partial charge on any atom is -0.423 e. The lowest BCUT2D eigenvalue weighted by Gasteiger charge is -2.04. The molecular weight excluding hydrogens is 312 g/mol. The molecule has 0 unspecified atom stereocenters. The van der Waals surface area contributed by atoms with Crippen LogP contribution in [0, 0.1) is 0 Å². The van der Waals surface area contributed by atoms with E-state index in [1.54, 1.807) is 54.6 Å². The minimum absolute atomic E-state index is 0.107. The Morgan fingerprint density at radius 1 is 0.680 bits per heavy atom. The molecule has 0 aromatic heterocycles. The Morgan fingerprint density at radius 3 is 1.92 bits per heavy atom. The van der Waals surface area contributed by atoms with Gasteiger partial charge >= 0.3 is 5.97 Å². The molecule has 0 radical (unpaired) electrons. The number of esters is 1. The summed E-state index contributed by atoms with van der Waals surface area (Å²) in [5, 5.41) is 0. The van der Waals surface area contributed by atoms with Crippen molar-refractivity contribution in [3.8, 4) is 5.75 Å². The van der Waals surface area contributed by atoms with Crippen molar-refractivity contribution < 1.29 is 14.3 Å². The van der Waals surface area contributed by atoms with Crippen molar-refractivity contribution in [1.29, 1.82) is 0 Å². The summed E-state index contributed by atoms with van der Waals surface area (Å²) < 4.78 is 5.30. The first-order chi connectivity index (χ1) is 12.2. The summed E-state index contributed by atoms with van der Waals surface area (Å²) in [6.07, 6.45) is 3.30. The number of hydrogen-bond acceptors (Lipinski definition) is 3. The van der Waals surface area contributed by atoms with E-state index in [2.05, 4.69) is 0 Å². The molecule has 0 atom stereocenters. The van der Waals surface area contributed by atoms with E-state index >= 15 is 0 Å². The molecule has 0 heterocycles. The second kappa shape index (κ2) is 7.88. The van der Waals surface area contributed by atoms with Gasteiger partial charge in [0.15, 0.2) is 5.78 Å². The highest BCUT2D eigenvalue weighted by Gasteiger charge is 2.08. The van der Waals surface area contributed by atoms with Gasteiger partial charge < -0.3 is 4.74 Å². The average Bonchev–Trinajstić information content (AvgIpc) is 2.68. The molecule has 3 rings (SSSR count). The number of ketones is 1. The second-order valence-electron chi connectivity index (χ2n) is 5.39. The van der Waals surface area contributed by atoms with Crippen LogP contribution in [0.1, 0.15) is 26.3 Å². The Hall–Kier alpha value is -3.46. The zero-order valence-electron chi connectivity index (χ0n) is 13.5. The van der Waals surface area contributed by atoms with Gasteiger partial charge in [-0.2, -0.15) is 0 Å². The molecule has 0 aliphatic heterocycles. The van der Waals surface area contributed by atoms with E-state index in [0.717, 1.165) is 5.56 Å². The molecule has 0 saturated carbocycles. The van der Waals surface area contributed by atoms with Crippen LogP contribution in [0.2, 0.25) is 0 Å². The topological polar surface area (TPSA) is 43.4 Å². The summed E-state index contributed by atoms with van der Waals surface area (Å²) >= 11 is 0. The highest BCUT2D eigenvalue weighted by atomic mass is 16.5. The molecule has 3 heteroatoms. The van der Waals surface area contributed by atoms with E-state index in [9.17, 15) is 9.59 Å². The van der Waals surface area contributed by atoms with Gasteiger partial charge in [0.1, 0.15) is 5.75 Å². The summed E-state index contributed by atoms with van der Waals surface area (Å²) in [6, 6.07) is 24.9. The van der Waals surface area contributed by atoms with Crippen LogP contribution in [-0.4, -0.2) is 11.8 Å². The van der Waals surface area contributed by atoms with Crippen molar-refractivity contribution in [2.45, 2.75) is 0 Å². The molecule has 0 aliphatic rings. The van der Waals surface area contributed by atoms with Gasteiger partial charge in [0.05, 0.1) is 5.56 Å². The van der Waals surface area contributed by atoms with Crippen molar-refractivity contribution in [2.75, 3.05) is 0 Å². The van der Waals surface area contributed by atoms with Crippen LogP contribution in [0.4, 0.5) is 0 Å². The van der Waals surface area contributed by atoms with Gasteiger partial charge in [-0.15, -0.1) is 0 Å². The fraction of sp³-hybridized carbons (Fsp3) is 0. The summed E-state index contributed by atoms with van der Waals surface area (Å²) in [6.45, 7) is 0. The Balaban J connectivity index is 1.65. The third-order valence-electron chi connectivity index (χ3n) is 3.59.